The number of nitrogen functional groups attached to an aromatic ring is 1. The summed E-state index contributed by atoms with van der Waals surface area (Å²) in [4.78, 5) is 58.5. The van der Waals surface area contributed by atoms with Gasteiger partial charge in [0.25, 0.3) is 0 Å². The van der Waals surface area contributed by atoms with Gasteiger partial charge in [0, 0.05) is 31.9 Å². The molecule has 1 rings (SSSR count). The molecular formula is C20H31N4O10P. The number of aliphatic carboxylic acids is 4. The molecule has 196 valence electrons. The van der Waals surface area contributed by atoms with Crippen molar-refractivity contribution in [2.24, 2.45) is 0 Å². The summed E-state index contributed by atoms with van der Waals surface area (Å²) < 4.78 is 13.0. The van der Waals surface area contributed by atoms with Crippen LogP contribution in [0.4, 0.5) is 5.69 Å². The average molecular weight is 518 g/mol. The van der Waals surface area contributed by atoms with Crippen molar-refractivity contribution in [1.82, 2.24) is 14.7 Å². The molecule has 1 aromatic carbocycles. The van der Waals surface area contributed by atoms with E-state index in [0.29, 0.717) is 11.3 Å². The molecule has 14 nitrogen and oxygen atoms in total. The fraction of sp³-hybridized carbons (Fsp3) is 0.500. The van der Waals surface area contributed by atoms with Crippen LogP contribution in [0.5, 0.6) is 0 Å². The van der Waals surface area contributed by atoms with E-state index < -0.39 is 57.4 Å². The third kappa shape index (κ3) is 14.1. The van der Waals surface area contributed by atoms with Crippen molar-refractivity contribution < 1.29 is 49.1 Å². The molecule has 0 spiro atoms. The number of nitrogens with zero attached hydrogens (tertiary/aromatic N) is 3. The first-order chi connectivity index (χ1) is 16.3. The van der Waals surface area contributed by atoms with Crippen LogP contribution in [-0.2, 0) is 29.9 Å². The summed E-state index contributed by atoms with van der Waals surface area (Å²) >= 11 is 0. The molecule has 35 heavy (non-hydrogen) atoms. The Morgan fingerprint density at radius 3 is 1.37 bits per heavy atom. The molecule has 0 aromatic heterocycles. The number of carboxylic acid groups (broad SMARTS) is 4. The quantitative estimate of drug-likeness (QED) is 0.104. The molecule has 0 amide bonds. The van der Waals surface area contributed by atoms with E-state index in [9.17, 15) is 28.6 Å². The van der Waals surface area contributed by atoms with Crippen LogP contribution >= 0.6 is 7.37 Å². The van der Waals surface area contributed by atoms with Crippen LogP contribution in [0.15, 0.2) is 24.3 Å². The number of carbonyl (C=O) groups is 4. The van der Waals surface area contributed by atoms with Gasteiger partial charge in [0.15, 0.2) is 0 Å². The number of rotatable bonds is 18. The Morgan fingerprint density at radius 2 is 1.03 bits per heavy atom. The van der Waals surface area contributed by atoms with Crippen molar-refractivity contribution in [2.45, 2.75) is 6.16 Å². The molecule has 7 N–H and O–H groups in total. The minimum absolute atomic E-state index is 0.0131. The maximum atomic E-state index is 13.0. The van der Waals surface area contributed by atoms with E-state index in [-0.39, 0.29) is 38.6 Å². The standard InChI is InChI=1S/C20H31N4O10P/c21-16-3-1-15(2-4-16)13-35(33,34)14-22(5-7-23(9-17(25)26)10-18(27)28)6-8-24(11-19(29)30)12-20(31)32/h1-4H,5-14,21H2,(H,25,26)(H,27,28)(H,29,30)(H,31,32)(H,33,34). The highest BCUT2D eigenvalue weighted by atomic mass is 31.2. The Balaban J connectivity index is 2.98. The number of hydrogen-bond acceptors (Lipinski definition) is 9. The van der Waals surface area contributed by atoms with Crippen LogP contribution in [-0.4, -0.2) is 123 Å². The van der Waals surface area contributed by atoms with Gasteiger partial charge in [-0.1, -0.05) is 12.1 Å². The van der Waals surface area contributed by atoms with Crippen molar-refractivity contribution in [2.75, 3.05) is 64.4 Å². The molecule has 0 aliphatic heterocycles. The fourth-order valence-corrected chi connectivity index (χ4v) is 5.07. The molecule has 0 fully saturated rings. The number of hydrogen-bond donors (Lipinski definition) is 6. The highest BCUT2D eigenvalue weighted by Gasteiger charge is 2.25. The van der Waals surface area contributed by atoms with Gasteiger partial charge >= 0.3 is 23.9 Å². The topological polar surface area (TPSA) is 222 Å². The minimum Gasteiger partial charge on any atom is -0.480 e. The molecule has 0 saturated heterocycles. The summed E-state index contributed by atoms with van der Waals surface area (Å²) in [7, 11) is -3.83. The monoisotopic (exact) mass is 518 g/mol. The zero-order chi connectivity index (χ0) is 26.6. The van der Waals surface area contributed by atoms with Gasteiger partial charge in [-0.15, -0.1) is 0 Å². The first kappa shape index (κ1) is 30.0. The molecule has 0 radical (unpaired) electrons. The third-order valence-corrected chi connectivity index (χ3v) is 6.43. The van der Waals surface area contributed by atoms with Gasteiger partial charge in [-0.3, -0.25) is 38.4 Å². The first-order valence-corrected chi connectivity index (χ1v) is 12.5. The summed E-state index contributed by atoms with van der Waals surface area (Å²) in [5, 5.41) is 36.1. The lowest BCUT2D eigenvalue weighted by Crippen LogP contribution is -2.44. The van der Waals surface area contributed by atoms with Crippen molar-refractivity contribution >= 4 is 36.9 Å². The van der Waals surface area contributed by atoms with Crippen LogP contribution in [0.3, 0.4) is 0 Å². The lowest BCUT2D eigenvalue weighted by Gasteiger charge is -2.29. The molecular weight excluding hydrogens is 487 g/mol. The molecule has 0 aliphatic carbocycles. The smallest absolute Gasteiger partial charge is 0.317 e. The zero-order valence-electron chi connectivity index (χ0n) is 19.0. The second-order valence-corrected chi connectivity index (χ2v) is 10.3. The Labute approximate surface area is 201 Å². The van der Waals surface area contributed by atoms with E-state index in [2.05, 4.69) is 0 Å². The molecule has 0 bridgehead atoms. The van der Waals surface area contributed by atoms with E-state index in [0.717, 1.165) is 9.80 Å². The summed E-state index contributed by atoms with van der Waals surface area (Å²) in [5.41, 5.74) is 6.67. The lowest BCUT2D eigenvalue weighted by molar-refractivity contribution is -0.143. The zero-order valence-corrected chi connectivity index (χ0v) is 19.9. The maximum absolute atomic E-state index is 13.0. The van der Waals surface area contributed by atoms with E-state index in [1.54, 1.807) is 24.3 Å². The summed E-state index contributed by atoms with van der Waals surface area (Å²) in [6.45, 7) is -2.42. The summed E-state index contributed by atoms with van der Waals surface area (Å²) in [6, 6.07) is 6.37. The van der Waals surface area contributed by atoms with Crippen molar-refractivity contribution in [3.05, 3.63) is 29.8 Å². The molecule has 0 heterocycles. The van der Waals surface area contributed by atoms with E-state index in [1.807, 2.05) is 0 Å². The molecule has 0 aliphatic rings. The summed E-state index contributed by atoms with van der Waals surface area (Å²) in [5.74, 6) is -4.99. The van der Waals surface area contributed by atoms with Crippen LogP contribution in [0, 0.1) is 0 Å². The predicted molar refractivity (Wildman–Crippen MR) is 124 cm³/mol. The summed E-state index contributed by atoms with van der Waals surface area (Å²) in [6.07, 6.45) is -0.551. The predicted octanol–water partition coefficient (Wildman–Crippen LogP) is -0.759. The van der Waals surface area contributed by atoms with Gasteiger partial charge in [-0.05, 0) is 17.7 Å². The molecule has 15 heteroatoms. The highest BCUT2D eigenvalue weighted by Crippen LogP contribution is 2.45. The van der Waals surface area contributed by atoms with E-state index >= 15 is 0 Å². The van der Waals surface area contributed by atoms with Gasteiger partial charge in [-0.25, -0.2) is 0 Å². The normalized spacial score (nSPS) is 13.1. The van der Waals surface area contributed by atoms with Crippen molar-refractivity contribution in [1.29, 1.82) is 0 Å². The van der Waals surface area contributed by atoms with Crippen molar-refractivity contribution in [3.8, 4) is 0 Å². The Hall–Kier alpha value is -3.03. The second-order valence-electron chi connectivity index (χ2n) is 8.00. The van der Waals surface area contributed by atoms with E-state index in [1.165, 1.54) is 4.90 Å². The number of carboxylic acids is 4. The Bertz CT molecular complexity index is 855. The van der Waals surface area contributed by atoms with Crippen LogP contribution < -0.4 is 5.73 Å². The number of nitrogens with two attached hydrogens (primary N) is 1. The van der Waals surface area contributed by atoms with Gasteiger partial charge in [0.05, 0.1) is 38.6 Å². The van der Waals surface area contributed by atoms with Gasteiger partial charge in [0.2, 0.25) is 7.37 Å². The third-order valence-electron chi connectivity index (χ3n) is 4.73. The van der Waals surface area contributed by atoms with Crippen LogP contribution in [0.25, 0.3) is 0 Å². The molecule has 1 unspecified atom stereocenters. The van der Waals surface area contributed by atoms with Crippen LogP contribution in [0.2, 0.25) is 0 Å². The lowest BCUT2D eigenvalue weighted by atomic mass is 10.2. The molecule has 1 aromatic rings. The van der Waals surface area contributed by atoms with Crippen LogP contribution in [0.1, 0.15) is 5.56 Å². The van der Waals surface area contributed by atoms with Gasteiger partial charge < -0.3 is 31.1 Å². The Kier molecular flexibility index (Phi) is 12.3. The SMILES string of the molecule is Nc1ccc(CP(=O)(O)CN(CCN(CC(=O)O)CC(=O)O)CCN(CC(=O)O)CC(=O)O)cc1. The maximum Gasteiger partial charge on any atom is 0.317 e. The van der Waals surface area contributed by atoms with Gasteiger partial charge in [-0.2, -0.15) is 0 Å². The number of benzene rings is 1. The van der Waals surface area contributed by atoms with E-state index in [4.69, 9.17) is 26.2 Å². The first-order valence-electron chi connectivity index (χ1n) is 10.4. The fourth-order valence-electron chi connectivity index (χ4n) is 3.28. The average Bonchev–Trinajstić information content (AvgIpc) is 2.69. The number of anilines is 1. The van der Waals surface area contributed by atoms with Gasteiger partial charge in [0.1, 0.15) is 0 Å². The van der Waals surface area contributed by atoms with Crippen molar-refractivity contribution in [3.63, 3.8) is 0 Å². The highest BCUT2D eigenvalue weighted by molar-refractivity contribution is 7.57. The largest absolute Gasteiger partial charge is 0.480 e. The Morgan fingerprint density at radius 1 is 0.686 bits per heavy atom. The minimum atomic E-state index is -3.83. The second kappa shape index (κ2) is 14.4. The molecule has 0 saturated carbocycles. The molecule has 1 atom stereocenters.